The average molecular weight is 287 g/mol. The van der Waals surface area contributed by atoms with E-state index in [2.05, 4.69) is 46.6 Å². The van der Waals surface area contributed by atoms with Crippen LogP contribution in [0.3, 0.4) is 0 Å². The van der Waals surface area contributed by atoms with E-state index in [1.54, 1.807) is 0 Å². The Bertz CT molecular complexity index is 529. The topological polar surface area (TPSA) is 30.3 Å². The lowest BCUT2D eigenvalue weighted by atomic mass is 10.2. The fourth-order valence-corrected chi connectivity index (χ4v) is 2.32. The largest absolute Gasteiger partial charge is 0.494 e. The smallest absolute Gasteiger partial charge is 0.119 e. The molecule has 0 radical (unpaired) electrons. The molecule has 1 aromatic heterocycles. The molecule has 0 saturated heterocycles. The normalized spacial score (nSPS) is 11.0. The highest BCUT2D eigenvalue weighted by Crippen LogP contribution is 2.20. The summed E-state index contributed by atoms with van der Waals surface area (Å²) in [6.07, 6.45) is 4.02. The number of hydrogen-bond donors (Lipinski definition) is 0. The number of likely N-dealkylation sites (N-methyl/N-ethyl adjacent to an activating group) is 1. The number of ether oxygens (including phenoxy) is 1. The number of benzene rings is 1. The SMILES string of the molecule is CCOc1ccc(-c2cn(CCN(CC)CC)cn2)cc1. The van der Waals surface area contributed by atoms with Crippen LogP contribution in [0.25, 0.3) is 11.3 Å². The number of hydrogen-bond acceptors (Lipinski definition) is 3. The van der Waals surface area contributed by atoms with Gasteiger partial charge in [0.2, 0.25) is 0 Å². The van der Waals surface area contributed by atoms with Crippen LogP contribution >= 0.6 is 0 Å². The molecule has 0 fully saturated rings. The van der Waals surface area contributed by atoms with Gasteiger partial charge < -0.3 is 14.2 Å². The second-order valence-corrected chi connectivity index (χ2v) is 4.98. The van der Waals surface area contributed by atoms with Crippen LogP contribution in [0.4, 0.5) is 0 Å². The van der Waals surface area contributed by atoms with E-state index in [0.29, 0.717) is 6.61 Å². The maximum absolute atomic E-state index is 5.46. The van der Waals surface area contributed by atoms with Gasteiger partial charge in [0.15, 0.2) is 0 Å². The zero-order valence-electron chi connectivity index (χ0n) is 13.2. The van der Waals surface area contributed by atoms with Crippen molar-refractivity contribution in [1.29, 1.82) is 0 Å². The van der Waals surface area contributed by atoms with E-state index in [0.717, 1.165) is 43.2 Å². The number of imidazole rings is 1. The molecule has 4 heteroatoms. The van der Waals surface area contributed by atoms with Gasteiger partial charge in [-0.15, -0.1) is 0 Å². The van der Waals surface area contributed by atoms with E-state index in [1.807, 2.05) is 25.4 Å². The lowest BCUT2D eigenvalue weighted by Gasteiger charge is -2.17. The summed E-state index contributed by atoms with van der Waals surface area (Å²) < 4.78 is 7.62. The molecule has 0 N–H and O–H groups in total. The molecule has 1 aromatic carbocycles. The Hall–Kier alpha value is -1.81. The summed E-state index contributed by atoms with van der Waals surface area (Å²) in [5.74, 6) is 0.905. The highest BCUT2D eigenvalue weighted by molar-refractivity contribution is 5.59. The Morgan fingerprint density at radius 3 is 2.43 bits per heavy atom. The van der Waals surface area contributed by atoms with Crippen LogP contribution in [0.1, 0.15) is 20.8 Å². The lowest BCUT2D eigenvalue weighted by Crippen LogP contribution is -2.26. The maximum atomic E-state index is 5.46. The standard InChI is InChI=1S/C17H25N3O/c1-4-19(5-2)11-12-20-13-17(18-14-20)15-7-9-16(10-8-15)21-6-3/h7-10,13-14H,4-6,11-12H2,1-3H3. The van der Waals surface area contributed by atoms with Crippen LogP contribution < -0.4 is 4.74 Å². The average Bonchev–Trinajstić information content (AvgIpc) is 2.98. The molecule has 2 rings (SSSR count). The van der Waals surface area contributed by atoms with Crippen molar-refractivity contribution in [2.24, 2.45) is 0 Å². The first-order valence-electron chi connectivity index (χ1n) is 7.74. The van der Waals surface area contributed by atoms with Crippen LogP contribution in [0.5, 0.6) is 5.75 Å². The van der Waals surface area contributed by atoms with E-state index in [4.69, 9.17) is 4.74 Å². The van der Waals surface area contributed by atoms with E-state index in [9.17, 15) is 0 Å². The lowest BCUT2D eigenvalue weighted by molar-refractivity contribution is 0.290. The summed E-state index contributed by atoms with van der Waals surface area (Å²) in [5.41, 5.74) is 2.14. The maximum Gasteiger partial charge on any atom is 0.119 e. The van der Waals surface area contributed by atoms with Gasteiger partial charge in [0, 0.05) is 24.8 Å². The van der Waals surface area contributed by atoms with E-state index < -0.39 is 0 Å². The summed E-state index contributed by atoms with van der Waals surface area (Å²) in [5, 5.41) is 0. The minimum Gasteiger partial charge on any atom is -0.494 e. The molecule has 2 aromatic rings. The van der Waals surface area contributed by atoms with Crippen molar-refractivity contribution in [2.75, 3.05) is 26.2 Å². The molecule has 114 valence electrons. The quantitative estimate of drug-likeness (QED) is 0.746. The Balaban J connectivity index is 1.98. The van der Waals surface area contributed by atoms with Crippen LogP contribution in [-0.2, 0) is 6.54 Å². The number of nitrogens with zero attached hydrogens (tertiary/aromatic N) is 3. The Morgan fingerprint density at radius 1 is 1.10 bits per heavy atom. The summed E-state index contributed by atoms with van der Waals surface area (Å²) in [7, 11) is 0. The van der Waals surface area contributed by atoms with Crippen LogP contribution in [-0.4, -0.2) is 40.7 Å². The molecule has 1 heterocycles. The van der Waals surface area contributed by atoms with Crippen LogP contribution in [0.15, 0.2) is 36.8 Å². The number of rotatable bonds is 8. The van der Waals surface area contributed by atoms with Gasteiger partial charge >= 0.3 is 0 Å². The van der Waals surface area contributed by atoms with Crippen molar-refractivity contribution in [3.8, 4) is 17.0 Å². The van der Waals surface area contributed by atoms with Gasteiger partial charge in [0.25, 0.3) is 0 Å². The Kier molecular flexibility index (Phi) is 5.81. The van der Waals surface area contributed by atoms with Gasteiger partial charge in [-0.25, -0.2) is 4.98 Å². The molecular weight excluding hydrogens is 262 g/mol. The summed E-state index contributed by atoms with van der Waals surface area (Å²) >= 11 is 0. The van der Waals surface area contributed by atoms with Crippen LogP contribution in [0.2, 0.25) is 0 Å². The molecule has 0 aliphatic heterocycles. The molecule has 0 spiro atoms. The third-order valence-electron chi connectivity index (χ3n) is 3.66. The molecular formula is C17H25N3O. The zero-order valence-corrected chi connectivity index (χ0v) is 13.2. The molecule has 0 saturated carbocycles. The third-order valence-corrected chi connectivity index (χ3v) is 3.66. The van der Waals surface area contributed by atoms with Gasteiger partial charge in [-0.1, -0.05) is 13.8 Å². The molecule has 21 heavy (non-hydrogen) atoms. The van der Waals surface area contributed by atoms with Gasteiger partial charge in [0.1, 0.15) is 5.75 Å². The molecule has 0 bridgehead atoms. The molecule has 0 unspecified atom stereocenters. The minimum atomic E-state index is 0.694. The molecule has 0 aliphatic carbocycles. The first kappa shape index (κ1) is 15.6. The van der Waals surface area contributed by atoms with Crippen molar-refractivity contribution in [1.82, 2.24) is 14.5 Å². The van der Waals surface area contributed by atoms with Crippen molar-refractivity contribution < 1.29 is 4.74 Å². The predicted octanol–water partition coefficient (Wildman–Crippen LogP) is 3.29. The second kappa shape index (κ2) is 7.84. The summed E-state index contributed by atoms with van der Waals surface area (Å²) in [6.45, 7) is 11.3. The third kappa shape index (κ3) is 4.33. The molecule has 0 atom stereocenters. The van der Waals surface area contributed by atoms with E-state index >= 15 is 0 Å². The monoisotopic (exact) mass is 287 g/mol. The van der Waals surface area contributed by atoms with Gasteiger partial charge in [-0.2, -0.15) is 0 Å². The van der Waals surface area contributed by atoms with Crippen molar-refractivity contribution in [2.45, 2.75) is 27.3 Å². The zero-order chi connectivity index (χ0) is 15.1. The minimum absolute atomic E-state index is 0.694. The molecule has 0 amide bonds. The molecule has 0 aliphatic rings. The Morgan fingerprint density at radius 2 is 1.81 bits per heavy atom. The molecule has 4 nitrogen and oxygen atoms in total. The summed E-state index contributed by atoms with van der Waals surface area (Å²) in [4.78, 5) is 6.91. The predicted molar refractivity (Wildman–Crippen MR) is 86.6 cm³/mol. The van der Waals surface area contributed by atoms with Crippen LogP contribution in [0, 0.1) is 0 Å². The summed E-state index contributed by atoms with van der Waals surface area (Å²) in [6, 6.07) is 8.10. The van der Waals surface area contributed by atoms with Gasteiger partial charge in [-0.05, 0) is 44.3 Å². The van der Waals surface area contributed by atoms with Crippen molar-refractivity contribution >= 4 is 0 Å². The first-order valence-corrected chi connectivity index (χ1v) is 7.74. The van der Waals surface area contributed by atoms with Crippen molar-refractivity contribution in [3.63, 3.8) is 0 Å². The van der Waals surface area contributed by atoms with Gasteiger partial charge in [0.05, 0.1) is 18.6 Å². The number of aromatic nitrogens is 2. The van der Waals surface area contributed by atoms with Gasteiger partial charge in [-0.3, -0.25) is 0 Å². The van der Waals surface area contributed by atoms with E-state index in [-0.39, 0.29) is 0 Å². The fourth-order valence-electron chi connectivity index (χ4n) is 2.32. The first-order chi connectivity index (χ1) is 10.3. The fraction of sp³-hybridized carbons (Fsp3) is 0.471. The Labute approximate surface area is 127 Å². The highest BCUT2D eigenvalue weighted by Gasteiger charge is 2.04. The van der Waals surface area contributed by atoms with Crippen molar-refractivity contribution in [3.05, 3.63) is 36.8 Å². The van der Waals surface area contributed by atoms with E-state index in [1.165, 1.54) is 0 Å². The highest BCUT2D eigenvalue weighted by atomic mass is 16.5. The second-order valence-electron chi connectivity index (χ2n) is 4.98.